The predicted octanol–water partition coefficient (Wildman–Crippen LogP) is 1.73. The second kappa shape index (κ2) is 6.23. The van der Waals surface area contributed by atoms with E-state index in [4.69, 9.17) is 10.4 Å². The quantitative estimate of drug-likeness (QED) is 0.846. The summed E-state index contributed by atoms with van der Waals surface area (Å²) in [6.07, 6.45) is -4.81. The van der Waals surface area contributed by atoms with E-state index in [-0.39, 0.29) is 18.7 Å². The molecule has 0 saturated carbocycles. The highest BCUT2D eigenvalue weighted by Crippen LogP contribution is 2.29. The molecular weight excluding hydrogens is 249 g/mol. The first-order valence-corrected chi connectivity index (χ1v) is 5.06. The number of halogens is 3. The van der Waals surface area contributed by atoms with E-state index < -0.39 is 18.2 Å². The van der Waals surface area contributed by atoms with Crippen LogP contribution in [0, 0.1) is 11.3 Å². The first-order chi connectivity index (χ1) is 8.48. The van der Waals surface area contributed by atoms with Gasteiger partial charge in [-0.1, -0.05) is 18.2 Å². The summed E-state index contributed by atoms with van der Waals surface area (Å²) < 4.78 is 40.4. The van der Waals surface area contributed by atoms with Gasteiger partial charge in [0.1, 0.15) is 11.8 Å². The molecule has 18 heavy (non-hydrogen) atoms. The number of alkyl halides is 3. The molecule has 0 saturated heterocycles. The lowest BCUT2D eigenvalue weighted by Gasteiger charge is -2.16. The van der Waals surface area contributed by atoms with Crippen LogP contribution in [0.3, 0.4) is 0 Å². The van der Waals surface area contributed by atoms with E-state index >= 15 is 0 Å². The molecule has 0 aliphatic carbocycles. The van der Waals surface area contributed by atoms with Crippen molar-refractivity contribution in [2.24, 2.45) is 0 Å². The van der Waals surface area contributed by atoms with Crippen LogP contribution in [-0.2, 0) is 0 Å². The SMILES string of the molecule is N#CC(NCCO)c1ccccc1OC(F)(F)F. The number of ether oxygens (including phenoxy) is 1. The van der Waals surface area contributed by atoms with Gasteiger partial charge in [0.25, 0.3) is 0 Å². The molecule has 1 rings (SSSR count). The minimum Gasteiger partial charge on any atom is -0.405 e. The van der Waals surface area contributed by atoms with Crippen LogP contribution < -0.4 is 10.1 Å². The standard InChI is InChI=1S/C11H11F3N2O2/c12-11(13,14)18-10-4-2-1-3-8(10)9(7-15)16-5-6-17/h1-4,9,16-17H,5-6H2. The number of hydrogen-bond donors (Lipinski definition) is 2. The van der Waals surface area contributed by atoms with Crippen LogP contribution in [0.5, 0.6) is 5.75 Å². The largest absolute Gasteiger partial charge is 0.573 e. The second-order valence-corrected chi connectivity index (χ2v) is 3.33. The van der Waals surface area contributed by atoms with Crippen molar-refractivity contribution in [3.63, 3.8) is 0 Å². The number of para-hydroxylation sites is 1. The van der Waals surface area contributed by atoms with Crippen LogP contribution in [0.1, 0.15) is 11.6 Å². The van der Waals surface area contributed by atoms with Crippen LogP contribution in [0.4, 0.5) is 13.2 Å². The van der Waals surface area contributed by atoms with E-state index in [0.29, 0.717) is 0 Å². The van der Waals surface area contributed by atoms with Crippen molar-refractivity contribution in [3.8, 4) is 11.8 Å². The Morgan fingerprint density at radius 3 is 2.61 bits per heavy atom. The maximum atomic E-state index is 12.2. The number of aliphatic hydroxyl groups excluding tert-OH is 1. The summed E-state index contributed by atoms with van der Waals surface area (Å²) in [4.78, 5) is 0. The van der Waals surface area contributed by atoms with Gasteiger partial charge in [-0.25, -0.2) is 0 Å². The van der Waals surface area contributed by atoms with E-state index in [0.717, 1.165) is 6.07 Å². The van der Waals surface area contributed by atoms with Crippen molar-refractivity contribution in [3.05, 3.63) is 29.8 Å². The third-order valence-corrected chi connectivity index (χ3v) is 2.05. The molecule has 98 valence electrons. The van der Waals surface area contributed by atoms with Gasteiger partial charge in [0.15, 0.2) is 0 Å². The van der Waals surface area contributed by atoms with Crippen LogP contribution in [-0.4, -0.2) is 24.6 Å². The zero-order valence-electron chi connectivity index (χ0n) is 9.24. The Hall–Kier alpha value is -1.78. The molecule has 7 heteroatoms. The van der Waals surface area contributed by atoms with Crippen LogP contribution in [0.2, 0.25) is 0 Å². The number of aliphatic hydroxyl groups is 1. The van der Waals surface area contributed by atoms with Gasteiger partial charge in [0.05, 0.1) is 12.7 Å². The molecule has 0 fully saturated rings. The average molecular weight is 260 g/mol. The Labute approximate surface area is 102 Å². The van der Waals surface area contributed by atoms with Gasteiger partial charge in [-0.2, -0.15) is 5.26 Å². The first kappa shape index (κ1) is 14.3. The maximum absolute atomic E-state index is 12.2. The molecular formula is C11H11F3N2O2. The van der Waals surface area contributed by atoms with Crippen LogP contribution >= 0.6 is 0 Å². The Bertz CT molecular complexity index is 429. The molecule has 0 aliphatic heterocycles. The molecule has 0 aromatic heterocycles. The summed E-state index contributed by atoms with van der Waals surface area (Å²) in [5.41, 5.74) is 0.0748. The lowest BCUT2D eigenvalue weighted by Crippen LogP contribution is -2.25. The average Bonchev–Trinajstić information content (AvgIpc) is 2.30. The number of hydrogen-bond acceptors (Lipinski definition) is 4. The Morgan fingerprint density at radius 1 is 1.39 bits per heavy atom. The smallest absolute Gasteiger partial charge is 0.405 e. The molecule has 2 N–H and O–H groups in total. The predicted molar refractivity (Wildman–Crippen MR) is 56.6 cm³/mol. The van der Waals surface area contributed by atoms with Crippen molar-refractivity contribution in [1.82, 2.24) is 5.32 Å². The molecule has 0 amide bonds. The third-order valence-electron chi connectivity index (χ3n) is 2.05. The van der Waals surface area contributed by atoms with Crippen molar-refractivity contribution in [1.29, 1.82) is 5.26 Å². The minimum atomic E-state index is -4.81. The summed E-state index contributed by atoms with van der Waals surface area (Å²) >= 11 is 0. The van der Waals surface area contributed by atoms with E-state index in [1.54, 1.807) is 0 Å². The maximum Gasteiger partial charge on any atom is 0.573 e. The highest BCUT2D eigenvalue weighted by atomic mass is 19.4. The van der Waals surface area contributed by atoms with Crippen molar-refractivity contribution in [2.75, 3.05) is 13.2 Å². The summed E-state index contributed by atoms with van der Waals surface area (Å²) in [7, 11) is 0. The Morgan fingerprint density at radius 2 is 2.06 bits per heavy atom. The normalized spacial score (nSPS) is 12.8. The molecule has 0 aliphatic rings. The van der Waals surface area contributed by atoms with Crippen molar-refractivity contribution >= 4 is 0 Å². The zero-order valence-corrected chi connectivity index (χ0v) is 9.24. The summed E-state index contributed by atoms with van der Waals surface area (Å²) in [5.74, 6) is -0.429. The molecule has 0 spiro atoms. The molecule has 0 bridgehead atoms. The fourth-order valence-corrected chi connectivity index (χ4v) is 1.37. The summed E-state index contributed by atoms with van der Waals surface area (Å²) in [6, 6.07) is 6.21. The molecule has 4 nitrogen and oxygen atoms in total. The molecule has 1 atom stereocenters. The molecule has 1 aromatic rings. The van der Waals surface area contributed by atoms with Crippen molar-refractivity contribution in [2.45, 2.75) is 12.4 Å². The lowest BCUT2D eigenvalue weighted by atomic mass is 10.1. The van der Waals surface area contributed by atoms with E-state index in [9.17, 15) is 13.2 Å². The van der Waals surface area contributed by atoms with E-state index in [2.05, 4.69) is 10.1 Å². The van der Waals surface area contributed by atoms with Gasteiger partial charge in [0.2, 0.25) is 0 Å². The van der Waals surface area contributed by atoms with Gasteiger partial charge in [-0.3, -0.25) is 5.32 Å². The fourth-order valence-electron chi connectivity index (χ4n) is 1.37. The molecule has 1 unspecified atom stereocenters. The van der Waals surface area contributed by atoms with Crippen LogP contribution in [0.15, 0.2) is 24.3 Å². The molecule has 0 radical (unpaired) electrons. The minimum absolute atomic E-state index is 0.0748. The van der Waals surface area contributed by atoms with Crippen molar-refractivity contribution < 1.29 is 23.0 Å². The monoisotopic (exact) mass is 260 g/mol. The number of nitrogens with one attached hydrogen (secondary N) is 1. The molecule has 0 heterocycles. The number of rotatable bonds is 5. The summed E-state index contributed by atoms with van der Waals surface area (Å²) in [5, 5.41) is 20.1. The first-order valence-electron chi connectivity index (χ1n) is 5.06. The fraction of sp³-hybridized carbons (Fsp3) is 0.364. The Kier molecular flexibility index (Phi) is 4.95. The van der Waals surface area contributed by atoms with E-state index in [1.165, 1.54) is 18.2 Å². The number of nitriles is 1. The van der Waals surface area contributed by atoms with Gasteiger partial charge < -0.3 is 9.84 Å². The number of benzene rings is 1. The second-order valence-electron chi connectivity index (χ2n) is 3.33. The third kappa shape index (κ3) is 4.24. The van der Waals surface area contributed by atoms with Gasteiger partial charge >= 0.3 is 6.36 Å². The van der Waals surface area contributed by atoms with Crippen LogP contribution in [0.25, 0.3) is 0 Å². The summed E-state index contributed by atoms with van der Waals surface area (Å²) in [6.45, 7) is -0.126. The topological polar surface area (TPSA) is 65.3 Å². The highest BCUT2D eigenvalue weighted by molar-refractivity contribution is 5.38. The molecule has 1 aromatic carbocycles. The Balaban J connectivity index is 2.96. The van der Waals surface area contributed by atoms with Gasteiger partial charge in [0, 0.05) is 12.1 Å². The highest BCUT2D eigenvalue weighted by Gasteiger charge is 2.32. The zero-order chi connectivity index (χ0) is 13.6. The van der Waals surface area contributed by atoms with E-state index in [1.807, 2.05) is 6.07 Å². The van der Waals surface area contributed by atoms with Gasteiger partial charge in [-0.05, 0) is 6.07 Å². The lowest BCUT2D eigenvalue weighted by molar-refractivity contribution is -0.274. The van der Waals surface area contributed by atoms with Gasteiger partial charge in [-0.15, -0.1) is 13.2 Å². The number of nitrogens with zero attached hydrogens (tertiary/aromatic N) is 1.